The van der Waals surface area contributed by atoms with Crippen LogP contribution in [0, 0.1) is 5.92 Å². The van der Waals surface area contributed by atoms with E-state index in [1.165, 1.54) is 0 Å². The monoisotopic (exact) mass is 303 g/mol. The van der Waals surface area contributed by atoms with Crippen LogP contribution in [-0.4, -0.2) is 13.7 Å². The van der Waals surface area contributed by atoms with Crippen LogP contribution in [0.2, 0.25) is 10.0 Å². The van der Waals surface area contributed by atoms with Crippen LogP contribution >= 0.6 is 23.2 Å². The Bertz CT molecular complexity index is 407. The molecule has 0 heterocycles. The highest BCUT2D eigenvalue weighted by Crippen LogP contribution is 2.35. The number of hydrogen-bond acceptors (Lipinski definition) is 2. The highest BCUT2D eigenvalue weighted by atomic mass is 35.5. The molecule has 1 unspecified atom stereocenters. The minimum atomic E-state index is 0.225. The third-order valence-electron chi connectivity index (χ3n) is 3.11. The number of rotatable bonds is 7. The maximum absolute atomic E-state index is 6.35. The molecule has 19 heavy (non-hydrogen) atoms. The first-order valence-electron chi connectivity index (χ1n) is 6.78. The largest absolute Gasteiger partial charge is 0.492 e. The summed E-state index contributed by atoms with van der Waals surface area (Å²) < 4.78 is 5.45. The number of ether oxygens (including phenoxy) is 1. The Hall–Kier alpha value is -0.440. The van der Waals surface area contributed by atoms with Crippen molar-refractivity contribution in [3.8, 4) is 5.75 Å². The average molecular weight is 304 g/mol. The molecule has 0 bridgehead atoms. The first kappa shape index (κ1) is 16.6. The highest BCUT2D eigenvalue weighted by molar-refractivity contribution is 6.34. The van der Waals surface area contributed by atoms with E-state index in [4.69, 9.17) is 27.9 Å². The lowest BCUT2D eigenvalue weighted by molar-refractivity contribution is 0.340. The van der Waals surface area contributed by atoms with Gasteiger partial charge in [-0.25, -0.2) is 0 Å². The molecule has 1 N–H and O–H groups in total. The Labute approximate surface area is 126 Å². The molecule has 1 aromatic rings. The molecule has 0 fully saturated rings. The van der Waals surface area contributed by atoms with Crippen LogP contribution < -0.4 is 10.1 Å². The number of halogens is 2. The van der Waals surface area contributed by atoms with Crippen molar-refractivity contribution in [1.82, 2.24) is 5.32 Å². The summed E-state index contributed by atoms with van der Waals surface area (Å²) in [6, 6.07) is 3.95. The van der Waals surface area contributed by atoms with Gasteiger partial charge in [-0.05, 0) is 44.4 Å². The molecule has 0 amide bonds. The van der Waals surface area contributed by atoms with Crippen LogP contribution in [-0.2, 0) is 0 Å². The van der Waals surface area contributed by atoms with Crippen molar-refractivity contribution in [2.24, 2.45) is 5.92 Å². The van der Waals surface area contributed by atoms with E-state index in [-0.39, 0.29) is 6.04 Å². The van der Waals surface area contributed by atoms with Crippen molar-refractivity contribution < 1.29 is 4.74 Å². The van der Waals surface area contributed by atoms with Gasteiger partial charge in [0.05, 0.1) is 11.6 Å². The van der Waals surface area contributed by atoms with E-state index < -0.39 is 0 Å². The molecular formula is C15H23Cl2NO. The first-order chi connectivity index (χ1) is 8.99. The molecule has 0 aliphatic rings. The Morgan fingerprint density at radius 2 is 1.84 bits per heavy atom. The topological polar surface area (TPSA) is 21.3 Å². The lowest BCUT2D eigenvalue weighted by Crippen LogP contribution is -2.17. The summed E-state index contributed by atoms with van der Waals surface area (Å²) in [4.78, 5) is 0. The smallest absolute Gasteiger partial charge is 0.139 e. The Morgan fingerprint density at radius 3 is 2.37 bits per heavy atom. The molecule has 0 saturated carbocycles. The predicted molar refractivity (Wildman–Crippen MR) is 83.5 cm³/mol. The molecule has 1 aromatic carbocycles. The van der Waals surface area contributed by atoms with Gasteiger partial charge in [0, 0.05) is 17.1 Å². The van der Waals surface area contributed by atoms with Crippen LogP contribution in [0.15, 0.2) is 12.1 Å². The van der Waals surface area contributed by atoms with E-state index in [1.807, 2.05) is 26.1 Å². The van der Waals surface area contributed by atoms with Crippen LogP contribution in [0.5, 0.6) is 5.75 Å². The molecule has 0 radical (unpaired) electrons. The molecular weight excluding hydrogens is 281 g/mol. The predicted octanol–water partition coefficient (Wildman–Crippen LogP) is 5.09. The van der Waals surface area contributed by atoms with Crippen LogP contribution in [0.4, 0.5) is 0 Å². The SMILES string of the molecule is CCOc1cc(Cl)c(C(CCC(C)C)NC)cc1Cl. The van der Waals surface area contributed by atoms with Crippen molar-refractivity contribution in [3.05, 3.63) is 27.7 Å². The van der Waals surface area contributed by atoms with E-state index in [0.29, 0.717) is 28.3 Å². The van der Waals surface area contributed by atoms with Gasteiger partial charge in [-0.3, -0.25) is 0 Å². The summed E-state index contributed by atoms with van der Waals surface area (Å²) in [5.74, 6) is 1.32. The molecule has 108 valence electrons. The number of nitrogens with one attached hydrogen (secondary N) is 1. The molecule has 0 saturated heterocycles. The number of hydrogen-bond donors (Lipinski definition) is 1. The van der Waals surface area contributed by atoms with E-state index in [2.05, 4.69) is 19.2 Å². The van der Waals surface area contributed by atoms with Gasteiger partial charge >= 0.3 is 0 Å². The summed E-state index contributed by atoms with van der Waals surface area (Å²) in [5.41, 5.74) is 1.04. The minimum absolute atomic E-state index is 0.225. The third-order valence-corrected chi connectivity index (χ3v) is 3.73. The van der Waals surface area contributed by atoms with E-state index in [1.54, 1.807) is 0 Å². The Kier molecular flexibility index (Phi) is 6.98. The van der Waals surface area contributed by atoms with Crippen molar-refractivity contribution in [2.75, 3.05) is 13.7 Å². The zero-order chi connectivity index (χ0) is 14.4. The first-order valence-corrected chi connectivity index (χ1v) is 7.54. The fraction of sp³-hybridized carbons (Fsp3) is 0.600. The fourth-order valence-corrected chi connectivity index (χ4v) is 2.54. The van der Waals surface area contributed by atoms with Crippen LogP contribution in [0.25, 0.3) is 0 Å². The maximum atomic E-state index is 6.35. The van der Waals surface area contributed by atoms with Gasteiger partial charge in [-0.2, -0.15) is 0 Å². The van der Waals surface area contributed by atoms with E-state index in [9.17, 15) is 0 Å². The second kappa shape index (κ2) is 7.98. The molecule has 0 aromatic heterocycles. The van der Waals surface area contributed by atoms with Gasteiger partial charge in [-0.15, -0.1) is 0 Å². The quantitative estimate of drug-likeness (QED) is 0.757. The Balaban J connectivity index is 2.94. The molecule has 4 heteroatoms. The maximum Gasteiger partial charge on any atom is 0.139 e. The van der Waals surface area contributed by atoms with E-state index >= 15 is 0 Å². The third kappa shape index (κ3) is 4.87. The summed E-state index contributed by atoms with van der Waals surface area (Å²) >= 11 is 12.6. The van der Waals surface area contributed by atoms with Gasteiger partial charge in [-0.1, -0.05) is 37.0 Å². The molecule has 1 rings (SSSR count). The van der Waals surface area contributed by atoms with Gasteiger partial charge < -0.3 is 10.1 Å². The second-order valence-corrected chi connectivity index (χ2v) is 5.86. The summed E-state index contributed by atoms with van der Waals surface area (Å²) in [6.45, 7) is 6.95. The van der Waals surface area contributed by atoms with Crippen molar-refractivity contribution >= 4 is 23.2 Å². The van der Waals surface area contributed by atoms with E-state index in [0.717, 1.165) is 18.4 Å². The molecule has 2 nitrogen and oxygen atoms in total. The molecule has 0 aliphatic carbocycles. The second-order valence-electron chi connectivity index (χ2n) is 5.05. The summed E-state index contributed by atoms with van der Waals surface area (Å²) in [6.07, 6.45) is 2.19. The standard InChI is InChI=1S/C15H23Cl2NO/c1-5-19-15-9-12(16)11(8-13(15)17)14(18-4)7-6-10(2)3/h8-10,14,18H,5-7H2,1-4H3. The summed E-state index contributed by atoms with van der Waals surface area (Å²) in [7, 11) is 1.95. The lowest BCUT2D eigenvalue weighted by atomic mass is 9.97. The lowest BCUT2D eigenvalue weighted by Gasteiger charge is -2.20. The van der Waals surface area contributed by atoms with Gasteiger partial charge in [0.25, 0.3) is 0 Å². The van der Waals surface area contributed by atoms with Gasteiger partial charge in [0.15, 0.2) is 0 Å². The zero-order valence-corrected chi connectivity index (χ0v) is 13.6. The average Bonchev–Trinajstić information content (AvgIpc) is 2.35. The zero-order valence-electron chi connectivity index (χ0n) is 12.1. The normalized spacial score (nSPS) is 12.8. The fourth-order valence-electron chi connectivity index (χ4n) is 2.03. The van der Waals surface area contributed by atoms with Crippen molar-refractivity contribution in [1.29, 1.82) is 0 Å². The Morgan fingerprint density at radius 1 is 1.16 bits per heavy atom. The highest BCUT2D eigenvalue weighted by Gasteiger charge is 2.16. The van der Waals surface area contributed by atoms with Crippen molar-refractivity contribution in [2.45, 2.75) is 39.7 Å². The van der Waals surface area contributed by atoms with Crippen LogP contribution in [0.1, 0.15) is 45.2 Å². The molecule has 0 spiro atoms. The summed E-state index contributed by atoms with van der Waals surface area (Å²) in [5, 5.41) is 4.63. The number of benzene rings is 1. The van der Waals surface area contributed by atoms with Gasteiger partial charge in [0.2, 0.25) is 0 Å². The van der Waals surface area contributed by atoms with Gasteiger partial charge in [0.1, 0.15) is 5.75 Å². The molecule has 1 atom stereocenters. The van der Waals surface area contributed by atoms with Crippen molar-refractivity contribution in [3.63, 3.8) is 0 Å². The molecule has 0 aliphatic heterocycles. The van der Waals surface area contributed by atoms with Crippen LogP contribution in [0.3, 0.4) is 0 Å². The minimum Gasteiger partial charge on any atom is -0.492 e.